The Labute approximate surface area is 125 Å². The third-order valence-corrected chi connectivity index (χ3v) is 4.48. The van der Waals surface area contributed by atoms with Crippen LogP contribution in [0.4, 0.5) is 14.5 Å². The number of anilines is 1. The number of rotatable bonds is 3. The highest BCUT2D eigenvalue weighted by atomic mass is 32.1. The van der Waals surface area contributed by atoms with Crippen molar-refractivity contribution in [3.05, 3.63) is 51.7 Å². The Kier molecular flexibility index (Phi) is 3.98. The molecule has 2 heterocycles. The van der Waals surface area contributed by atoms with Crippen molar-refractivity contribution in [3.8, 4) is 0 Å². The van der Waals surface area contributed by atoms with Crippen molar-refractivity contribution in [2.75, 3.05) is 18.4 Å². The van der Waals surface area contributed by atoms with Crippen molar-refractivity contribution in [1.82, 2.24) is 4.90 Å². The summed E-state index contributed by atoms with van der Waals surface area (Å²) in [4.78, 5) is 15.3. The van der Waals surface area contributed by atoms with Gasteiger partial charge in [-0.05, 0) is 35.6 Å². The Bertz CT molecular complexity index is 671. The molecule has 2 aromatic rings. The average Bonchev–Trinajstić information content (AvgIpc) is 2.89. The summed E-state index contributed by atoms with van der Waals surface area (Å²) in [5.41, 5.74) is 1.27. The highest BCUT2D eigenvalue weighted by Gasteiger charge is 2.19. The summed E-state index contributed by atoms with van der Waals surface area (Å²) in [5, 5.41) is 4.54. The molecule has 1 aliphatic rings. The Hall–Kier alpha value is -1.79. The van der Waals surface area contributed by atoms with Crippen LogP contribution in [-0.4, -0.2) is 23.9 Å². The number of fused-ring (bicyclic) bond motifs is 1. The van der Waals surface area contributed by atoms with Crippen molar-refractivity contribution in [2.45, 2.75) is 13.0 Å². The zero-order valence-electron chi connectivity index (χ0n) is 11.2. The van der Waals surface area contributed by atoms with Gasteiger partial charge in [0.25, 0.3) is 0 Å². The number of hydrogen-bond acceptors (Lipinski definition) is 3. The predicted molar refractivity (Wildman–Crippen MR) is 78.3 cm³/mol. The lowest BCUT2D eigenvalue weighted by Crippen LogP contribution is -2.36. The molecule has 1 aromatic carbocycles. The van der Waals surface area contributed by atoms with E-state index < -0.39 is 11.6 Å². The molecule has 0 bridgehead atoms. The van der Waals surface area contributed by atoms with Crippen LogP contribution in [0.2, 0.25) is 0 Å². The van der Waals surface area contributed by atoms with Gasteiger partial charge in [0.05, 0.1) is 12.2 Å². The molecule has 1 aromatic heterocycles. The van der Waals surface area contributed by atoms with Gasteiger partial charge in [-0.1, -0.05) is 0 Å². The summed E-state index contributed by atoms with van der Waals surface area (Å²) in [5.74, 6) is -1.71. The molecule has 0 spiro atoms. The molecule has 3 nitrogen and oxygen atoms in total. The van der Waals surface area contributed by atoms with Crippen molar-refractivity contribution < 1.29 is 13.6 Å². The van der Waals surface area contributed by atoms with Crippen LogP contribution >= 0.6 is 11.3 Å². The molecule has 21 heavy (non-hydrogen) atoms. The van der Waals surface area contributed by atoms with Gasteiger partial charge in [0.15, 0.2) is 0 Å². The molecule has 3 rings (SSSR count). The molecule has 0 aliphatic carbocycles. The van der Waals surface area contributed by atoms with Crippen LogP contribution in [0.1, 0.15) is 10.4 Å². The van der Waals surface area contributed by atoms with E-state index in [-0.39, 0.29) is 18.1 Å². The molecule has 0 saturated carbocycles. The smallest absolute Gasteiger partial charge is 0.238 e. The Morgan fingerprint density at radius 3 is 3.00 bits per heavy atom. The van der Waals surface area contributed by atoms with Crippen LogP contribution < -0.4 is 5.32 Å². The maximum absolute atomic E-state index is 13.5. The lowest BCUT2D eigenvalue weighted by Gasteiger charge is -2.26. The fourth-order valence-corrected chi connectivity index (χ4v) is 3.32. The lowest BCUT2D eigenvalue weighted by atomic mass is 10.1. The van der Waals surface area contributed by atoms with E-state index in [2.05, 4.69) is 16.8 Å². The standard InChI is InChI=1S/C15H14F2N2OS/c16-11-1-2-13(12(17)7-11)18-15(20)9-19-5-3-14-10(8-19)4-6-21-14/h1-2,4,6-7H,3,5,8-9H2,(H,18,20). The topological polar surface area (TPSA) is 32.3 Å². The van der Waals surface area contributed by atoms with Crippen LogP contribution in [-0.2, 0) is 17.8 Å². The Morgan fingerprint density at radius 1 is 1.33 bits per heavy atom. The molecule has 0 radical (unpaired) electrons. The lowest BCUT2D eigenvalue weighted by molar-refractivity contribution is -0.117. The van der Waals surface area contributed by atoms with Crippen molar-refractivity contribution >= 4 is 22.9 Å². The molecular weight excluding hydrogens is 294 g/mol. The molecule has 0 fully saturated rings. The van der Waals surface area contributed by atoms with Gasteiger partial charge >= 0.3 is 0 Å². The van der Waals surface area contributed by atoms with Crippen LogP contribution in [0, 0.1) is 11.6 Å². The quantitative estimate of drug-likeness (QED) is 0.945. The predicted octanol–water partition coefficient (Wildman–Crippen LogP) is 3.02. The molecule has 1 aliphatic heterocycles. The van der Waals surface area contributed by atoms with Gasteiger partial charge in [-0.3, -0.25) is 9.69 Å². The first kappa shape index (κ1) is 14.2. The monoisotopic (exact) mass is 308 g/mol. The summed E-state index contributed by atoms with van der Waals surface area (Å²) >= 11 is 1.74. The van der Waals surface area contributed by atoms with Crippen molar-refractivity contribution in [3.63, 3.8) is 0 Å². The van der Waals surface area contributed by atoms with Gasteiger partial charge in [0, 0.05) is 24.0 Å². The maximum Gasteiger partial charge on any atom is 0.238 e. The van der Waals surface area contributed by atoms with Gasteiger partial charge in [0.2, 0.25) is 5.91 Å². The number of hydrogen-bond donors (Lipinski definition) is 1. The minimum Gasteiger partial charge on any atom is -0.322 e. The van der Waals surface area contributed by atoms with E-state index in [4.69, 9.17) is 0 Å². The Balaban J connectivity index is 1.60. The van der Waals surface area contributed by atoms with Gasteiger partial charge in [-0.2, -0.15) is 0 Å². The van der Waals surface area contributed by atoms with E-state index in [0.717, 1.165) is 31.6 Å². The summed E-state index contributed by atoms with van der Waals surface area (Å²) in [6.07, 6.45) is 0.936. The van der Waals surface area contributed by atoms with E-state index in [9.17, 15) is 13.6 Å². The van der Waals surface area contributed by atoms with Crippen LogP contribution in [0.15, 0.2) is 29.6 Å². The van der Waals surface area contributed by atoms with Crippen LogP contribution in [0.3, 0.4) is 0 Å². The molecule has 6 heteroatoms. The maximum atomic E-state index is 13.5. The fourth-order valence-electron chi connectivity index (χ4n) is 2.43. The summed E-state index contributed by atoms with van der Waals surface area (Å²) < 4.78 is 26.3. The third kappa shape index (κ3) is 3.28. The molecule has 110 valence electrons. The van der Waals surface area contributed by atoms with E-state index in [1.807, 2.05) is 4.90 Å². The first-order valence-corrected chi connectivity index (χ1v) is 7.52. The number of benzene rings is 1. The average molecular weight is 308 g/mol. The second-order valence-corrected chi connectivity index (χ2v) is 6.00. The van der Waals surface area contributed by atoms with Crippen molar-refractivity contribution in [1.29, 1.82) is 0 Å². The zero-order chi connectivity index (χ0) is 14.8. The number of amides is 1. The molecule has 1 N–H and O–H groups in total. The first-order chi connectivity index (χ1) is 10.1. The number of halogens is 2. The summed E-state index contributed by atoms with van der Waals surface area (Å²) in [7, 11) is 0. The van der Waals surface area contributed by atoms with E-state index >= 15 is 0 Å². The highest BCUT2D eigenvalue weighted by Crippen LogP contribution is 2.23. The van der Waals surface area contributed by atoms with Crippen LogP contribution in [0.5, 0.6) is 0 Å². The number of nitrogens with one attached hydrogen (secondary N) is 1. The fraction of sp³-hybridized carbons (Fsp3) is 0.267. The molecule has 1 amide bonds. The second kappa shape index (κ2) is 5.91. The minimum absolute atomic E-state index is 0.00892. The van der Waals surface area contributed by atoms with E-state index in [1.54, 1.807) is 11.3 Å². The Morgan fingerprint density at radius 2 is 2.19 bits per heavy atom. The third-order valence-electron chi connectivity index (χ3n) is 3.46. The van der Waals surface area contributed by atoms with E-state index in [0.29, 0.717) is 0 Å². The normalized spacial score (nSPS) is 14.8. The van der Waals surface area contributed by atoms with E-state index in [1.165, 1.54) is 16.5 Å². The number of carbonyl (C=O) groups excluding carboxylic acids is 1. The summed E-state index contributed by atoms with van der Waals surface area (Å²) in [6.45, 7) is 1.75. The SMILES string of the molecule is O=C(CN1CCc2sccc2C1)Nc1ccc(F)cc1F. The van der Waals surface area contributed by atoms with Gasteiger partial charge in [0.1, 0.15) is 11.6 Å². The zero-order valence-corrected chi connectivity index (χ0v) is 12.1. The minimum atomic E-state index is -0.762. The molecule has 0 saturated heterocycles. The summed E-state index contributed by atoms with van der Waals surface area (Å²) in [6, 6.07) is 5.19. The van der Waals surface area contributed by atoms with Gasteiger partial charge in [-0.25, -0.2) is 8.78 Å². The molecule has 0 atom stereocenters. The van der Waals surface area contributed by atoms with Crippen LogP contribution in [0.25, 0.3) is 0 Å². The number of carbonyl (C=O) groups is 1. The highest BCUT2D eigenvalue weighted by molar-refractivity contribution is 7.10. The van der Waals surface area contributed by atoms with Gasteiger partial charge in [-0.15, -0.1) is 11.3 Å². The molecular formula is C15H14F2N2OS. The largest absolute Gasteiger partial charge is 0.322 e. The number of nitrogens with zero attached hydrogens (tertiary/aromatic N) is 1. The number of thiophene rings is 1. The molecule has 0 unspecified atom stereocenters. The van der Waals surface area contributed by atoms with Gasteiger partial charge < -0.3 is 5.32 Å². The second-order valence-electron chi connectivity index (χ2n) is 5.00. The first-order valence-electron chi connectivity index (χ1n) is 6.64. The van der Waals surface area contributed by atoms with Crippen molar-refractivity contribution in [2.24, 2.45) is 0 Å².